The third-order valence-electron chi connectivity index (χ3n) is 10.9. The number of hydrogen-bond acceptors (Lipinski definition) is 3. The molecule has 0 spiro atoms. The minimum atomic E-state index is -0.0336. The standard InChI is InChI=1S/C44H25BN4/c1-2-12-26(13-3-1)48-39-23-11-19-30-34-21-10-20-33-29-16-8-9-22-38(29)49(44(33)34)45(41(30)39)35-24-36-37(25-40(35)48)47-43-32-18-7-5-15-28(32)27-14-4-6-17-31(27)42(43)46-36/h1-25H. The van der Waals surface area contributed by atoms with Crippen LogP contribution in [-0.4, -0.2) is 21.3 Å². The van der Waals surface area contributed by atoms with Gasteiger partial charge in [-0.25, -0.2) is 9.97 Å². The van der Waals surface area contributed by atoms with Crippen LogP contribution >= 0.6 is 0 Å². The van der Waals surface area contributed by atoms with Gasteiger partial charge in [-0.3, -0.25) is 0 Å². The first-order valence-electron chi connectivity index (χ1n) is 16.9. The Hall–Kier alpha value is -6.46. The fraction of sp³-hybridized carbons (Fsp3) is 0. The maximum Gasteiger partial charge on any atom is 0.333 e. The van der Waals surface area contributed by atoms with Gasteiger partial charge < -0.3 is 9.38 Å². The van der Waals surface area contributed by atoms with Gasteiger partial charge >= 0.3 is 6.85 Å². The van der Waals surface area contributed by atoms with E-state index in [0.29, 0.717) is 0 Å². The molecule has 4 nitrogen and oxygen atoms in total. The molecule has 4 heterocycles. The molecular weight excluding hydrogens is 595 g/mol. The molecule has 0 unspecified atom stereocenters. The van der Waals surface area contributed by atoms with E-state index in [-0.39, 0.29) is 6.85 Å². The molecule has 8 aromatic carbocycles. The second-order valence-corrected chi connectivity index (χ2v) is 13.3. The Morgan fingerprint density at radius 2 is 1.04 bits per heavy atom. The highest BCUT2D eigenvalue weighted by Crippen LogP contribution is 2.45. The van der Waals surface area contributed by atoms with Crippen LogP contribution in [0.4, 0.5) is 17.1 Å². The van der Waals surface area contributed by atoms with Gasteiger partial charge in [-0.1, -0.05) is 115 Å². The Bertz CT molecular complexity index is 3070. The van der Waals surface area contributed by atoms with Crippen molar-refractivity contribution < 1.29 is 0 Å². The van der Waals surface area contributed by atoms with Crippen LogP contribution in [0.25, 0.3) is 76.5 Å². The molecule has 224 valence electrons. The second-order valence-electron chi connectivity index (χ2n) is 13.3. The van der Waals surface area contributed by atoms with Crippen molar-refractivity contribution in [3.05, 3.63) is 152 Å². The number of benzene rings is 8. The van der Waals surface area contributed by atoms with Crippen molar-refractivity contribution in [1.29, 1.82) is 0 Å². The lowest BCUT2D eigenvalue weighted by molar-refractivity contribution is 1.25. The molecule has 12 rings (SSSR count). The summed E-state index contributed by atoms with van der Waals surface area (Å²) < 4.78 is 2.59. The van der Waals surface area contributed by atoms with Crippen LogP contribution in [0.3, 0.4) is 0 Å². The van der Waals surface area contributed by atoms with Crippen LogP contribution in [-0.2, 0) is 0 Å². The summed E-state index contributed by atoms with van der Waals surface area (Å²) in [6, 6.07) is 55.0. The lowest BCUT2D eigenvalue weighted by Gasteiger charge is -2.40. The Morgan fingerprint density at radius 1 is 0.449 bits per heavy atom. The minimum absolute atomic E-state index is 0.0336. The maximum absolute atomic E-state index is 5.48. The van der Waals surface area contributed by atoms with Crippen LogP contribution in [0.2, 0.25) is 0 Å². The molecule has 0 fully saturated rings. The van der Waals surface area contributed by atoms with Gasteiger partial charge in [0, 0.05) is 55.2 Å². The minimum Gasteiger partial charge on any atom is -0.375 e. The molecule has 2 aromatic heterocycles. The first-order chi connectivity index (χ1) is 24.3. The SMILES string of the molecule is c1ccc(N2c3cc4nc5c6ccccc6c6ccccc6c5nc4cc3B3c4c(cccc42)-c2cccc4c5ccccc5n3c24)cc1. The van der Waals surface area contributed by atoms with E-state index in [1.807, 2.05) is 0 Å². The lowest BCUT2D eigenvalue weighted by atomic mass is 9.45. The van der Waals surface area contributed by atoms with Gasteiger partial charge in [0.25, 0.3) is 0 Å². The van der Waals surface area contributed by atoms with Crippen molar-refractivity contribution in [2.75, 3.05) is 4.90 Å². The van der Waals surface area contributed by atoms with E-state index < -0.39 is 0 Å². The molecule has 0 bridgehead atoms. The van der Waals surface area contributed by atoms with E-state index >= 15 is 0 Å². The number of aromatic nitrogens is 3. The topological polar surface area (TPSA) is 34.0 Å². The number of anilines is 3. The van der Waals surface area contributed by atoms with Gasteiger partial charge in [0.1, 0.15) is 0 Å². The van der Waals surface area contributed by atoms with Crippen molar-refractivity contribution >= 4 is 100 Å². The lowest BCUT2D eigenvalue weighted by Crippen LogP contribution is -2.56. The fourth-order valence-electron chi connectivity index (χ4n) is 8.96. The van der Waals surface area contributed by atoms with Crippen LogP contribution < -0.4 is 15.8 Å². The average Bonchev–Trinajstić information content (AvgIpc) is 3.50. The van der Waals surface area contributed by atoms with Crippen LogP contribution in [0.15, 0.2) is 152 Å². The molecule has 0 N–H and O–H groups in total. The highest BCUT2D eigenvalue weighted by atomic mass is 15.2. The van der Waals surface area contributed by atoms with Gasteiger partial charge in [-0.05, 0) is 63.7 Å². The molecule has 0 amide bonds. The maximum atomic E-state index is 5.48. The molecular formula is C44H25BN4. The van der Waals surface area contributed by atoms with Crippen molar-refractivity contribution in [3.63, 3.8) is 0 Å². The molecule has 10 aromatic rings. The van der Waals surface area contributed by atoms with E-state index in [9.17, 15) is 0 Å². The van der Waals surface area contributed by atoms with Gasteiger partial charge in [0.05, 0.1) is 22.1 Å². The van der Waals surface area contributed by atoms with E-state index in [1.165, 1.54) is 60.3 Å². The fourth-order valence-corrected chi connectivity index (χ4v) is 8.96. The highest BCUT2D eigenvalue weighted by Gasteiger charge is 2.42. The Labute approximate surface area is 281 Å². The molecule has 49 heavy (non-hydrogen) atoms. The summed E-state index contributed by atoms with van der Waals surface area (Å²) in [5.41, 5.74) is 14.8. The number of fused-ring (bicyclic) bond motifs is 14. The number of hydrogen-bond donors (Lipinski definition) is 0. The highest BCUT2D eigenvalue weighted by molar-refractivity contribution is 6.90. The van der Waals surface area contributed by atoms with Crippen molar-refractivity contribution in [1.82, 2.24) is 14.4 Å². The zero-order chi connectivity index (χ0) is 31.8. The molecule has 0 radical (unpaired) electrons. The molecule has 0 atom stereocenters. The Balaban J connectivity index is 1.26. The Kier molecular flexibility index (Phi) is 4.77. The first-order valence-corrected chi connectivity index (χ1v) is 16.9. The average molecular weight is 621 g/mol. The second kappa shape index (κ2) is 9.12. The van der Waals surface area contributed by atoms with E-state index in [4.69, 9.17) is 9.97 Å². The zero-order valence-corrected chi connectivity index (χ0v) is 26.3. The predicted molar refractivity (Wildman–Crippen MR) is 206 cm³/mol. The smallest absolute Gasteiger partial charge is 0.333 e. The predicted octanol–water partition coefficient (Wildman–Crippen LogP) is 9.61. The quantitative estimate of drug-likeness (QED) is 0.104. The molecule has 5 heteroatoms. The molecule has 0 saturated heterocycles. The summed E-state index contributed by atoms with van der Waals surface area (Å²) in [5.74, 6) is 0. The summed E-state index contributed by atoms with van der Waals surface area (Å²) in [7, 11) is 0. The van der Waals surface area contributed by atoms with Crippen LogP contribution in [0, 0.1) is 0 Å². The van der Waals surface area contributed by atoms with Gasteiger partial charge in [-0.15, -0.1) is 0 Å². The largest absolute Gasteiger partial charge is 0.375 e. The number of nitrogens with zero attached hydrogens (tertiary/aromatic N) is 4. The summed E-state index contributed by atoms with van der Waals surface area (Å²) in [4.78, 5) is 13.4. The normalized spacial score (nSPS) is 13.2. The van der Waals surface area contributed by atoms with Gasteiger partial charge in [-0.2, -0.15) is 0 Å². The third-order valence-corrected chi connectivity index (χ3v) is 10.9. The van der Waals surface area contributed by atoms with Gasteiger partial charge in [0.15, 0.2) is 0 Å². The summed E-state index contributed by atoms with van der Waals surface area (Å²) in [6.45, 7) is -0.0336. The number of rotatable bonds is 1. The summed E-state index contributed by atoms with van der Waals surface area (Å²) >= 11 is 0. The summed E-state index contributed by atoms with van der Waals surface area (Å²) in [6.07, 6.45) is 0. The van der Waals surface area contributed by atoms with Crippen molar-refractivity contribution in [2.45, 2.75) is 0 Å². The molecule has 2 aliphatic heterocycles. The molecule has 0 saturated carbocycles. The molecule has 2 aliphatic rings. The number of para-hydroxylation sites is 3. The van der Waals surface area contributed by atoms with Crippen molar-refractivity contribution in [2.24, 2.45) is 0 Å². The van der Waals surface area contributed by atoms with Crippen LogP contribution in [0.5, 0.6) is 0 Å². The van der Waals surface area contributed by atoms with Gasteiger partial charge in [0.2, 0.25) is 0 Å². The summed E-state index contributed by atoms with van der Waals surface area (Å²) in [5, 5.41) is 7.24. The van der Waals surface area contributed by atoms with E-state index in [0.717, 1.165) is 44.2 Å². The third kappa shape index (κ3) is 3.20. The first kappa shape index (κ1) is 25.6. The Morgan fingerprint density at radius 3 is 1.80 bits per heavy atom. The zero-order valence-electron chi connectivity index (χ0n) is 26.3. The van der Waals surface area contributed by atoms with Crippen molar-refractivity contribution in [3.8, 4) is 11.1 Å². The molecule has 0 aliphatic carbocycles. The monoisotopic (exact) mass is 620 g/mol. The van der Waals surface area contributed by atoms with E-state index in [1.54, 1.807) is 0 Å². The van der Waals surface area contributed by atoms with Crippen LogP contribution in [0.1, 0.15) is 0 Å². The van der Waals surface area contributed by atoms with E-state index in [2.05, 4.69) is 161 Å².